The molecule has 0 saturated heterocycles. The fourth-order valence-electron chi connectivity index (χ4n) is 2.58. The standard InChI is InChI=1S/C22H21FN2O3S/c1-15-6-10-17(11-7-15)29-14-22(27)25-24-21(26)13-9-16-8-12-20(28-16)18-4-2-3-5-19(18)23/h2-8,10-12H,9,13-14H2,1H3,(H,24,26)(H,25,27). The third-order valence-corrected chi connectivity index (χ3v) is 5.14. The number of rotatable bonds is 7. The fourth-order valence-corrected chi connectivity index (χ4v) is 3.27. The van der Waals surface area contributed by atoms with Crippen molar-refractivity contribution in [3.05, 3.63) is 77.8 Å². The van der Waals surface area contributed by atoms with E-state index < -0.39 is 0 Å². The lowest BCUT2D eigenvalue weighted by molar-refractivity contribution is -0.127. The number of amides is 2. The van der Waals surface area contributed by atoms with Crippen molar-refractivity contribution in [1.29, 1.82) is 0 Å². The molecule has 0 aliphatic heterocycles. The van der Waals surface area contributed by atoms with Crippen LogP contribution in [0.1, 0.15) is 17.7 Å². The van der Waals surface area contributed by atoms with Gasteiger partial charge in [-0.15, -0.1) is 11.8 Å². The van der Waals surface area contributed by atoms with Crippen LogP contribution < -0.4 is 10.9 Å². The zero-order chi connectivity index (χ0) is 20.6. The number of nitrogens with one attached hydrogen (secondary N) is 2. The highest BCUT2D eigenvalue weighted by atomic mass is 32.2. The number of carbonyl (C=O) groups is 2. The number of hydrogen-bond donors (Lipinski definition) is 2. The molecule has 3 rings (SSSR count). The Morgan fingerprint density at radius 2 is 1.69 bits per heavy atom. The predicted molar refractivity (Wildman–Crippen MR) is 111 cm³/mol. The van der Waals surface area contributed by atoms with Gasteiger partial charge in [0.1, 0.15) is 17.3 Å². The van der Waals surface area contributed by atoms with Crippen LogP contribution >= 0.6 is 11.8 Å². The number of halogens is 1. The molecule has 0 saturated carbocycles. The molecule has 0 fully saturated rings. The highest BCUT2D eigenvalue weighted by Crippen LogP contribution is 2.25. The van der Waals surface area contributed by atoms with Gasteiger partial charge in [0.15, 0.2) is 0 Å². The Morgan fingerprint density at radius 1 is 0.966 bits per heavy atom. The quantitative estimate of drug-likeness (QED) is 0.449. The minimum absolute atomic E-state index is 0.135. The second-order valence-electron chi connectivity index (χ2n) is 6.44. The number of furan rings is 1. The van der Waals surface area contributed by atoms with Crippen LogP contribution in [0, 0.1) is 12.7 Å². The monoisotopic (exact) mass is 412 g/mol. The first-order valence-electron chi connectivity index (χ1n) is 9.12. The molecular formula is C22H21FN2O3S. The molecule has 150 valence electrons. The molecule has 1 heterocycles. The van der Waals surface area contributed by atoms with Crippen LogP contribution in [0.5, 0.6) is 0 Å². The van der Waals surface area contributed by atoms with Gasteiger partial charge in [-0.25, -0.2) is 4.39 Å². The Morgan fingerprint density at radius 3 is 2.45 bits per heavy atom. The Kier molecular flexibility index (Phi) is 7.08. The first-order valence-corrected chi connectivity index (χ1v) is 10.1. The van der Waals surface area contributed by atoms with Gasteiger partial charge in [-0.1, -0.05) is 29.8 Å². The molecular weight excluding hydrogens is 391 g/mol. The van der Waals surface area contributed by atoms with Gasteiger partial charge in [0.05, 0.1) is 11.3 Å². The number of thioether (sulfide) groups is 1. The summed E-state index contributed by atoms with van der Waals surface area (Å²) in [5.41, 5.74) is 6.32. The van der Waals surface area contributed by atoms with Crippen LogP contribution in [0.2, 0.25) is 0 Å². The number of hydrazine groups is 1. The van der Waals surface area contributed by atoms with Gasteiger partial charge >= 0.3 is 0 Å². The first kappa shape index (κ1) is 20.7. The molecule has 0 atom stereocenters. The number of benzene rings is 2. The van der Waals surface area contributed by atoms with E-state index >= 15 is 0 Å². The molecule has 2 N–H and O–H groups in total. The van der Waals surface area contributed by atoms with Crippen molar-refractivity contribution in [2.45, 2.75) is 24.7 Å². The summed E-state index contributed by atoms with van der Waals surface area (Å²) in [4.78, 5) is 24.8. The van der Waals surface area contributed by atoms with Crippen molar-refractivity contribution in [2.24, 2.45) is 0 Å². The Bertz CT molecular complexity index is 986. The van der Waals surface area contributed by atoms with Crippen LogP contribution in [-0.4, -0.2) is 17.6 Å². The van der Waals surface area contributed by atoms with Gasteiger partial charge in [-0.2, -0.15) is 0 Å². The van der Waals surface area contributed by atoms with E-state index in [0.29, 0.717) is 23.5 Å². The lowest BCUT2D eigenvalue weighted by atomic mass is 10.1. The average molecular weight is 412 g/mol. The maximum absolute atomic E-state index is 13.8. The van der Waals surface area contributed by atoms with Gasteiger partial charge in [0.2, 0.25) is 11.8 Å². The van der Waals surface area contributed by atoms with Crippen molar-refractivity contribution >= 4 is 23.6 Å². The molecule has 0 spiro atoms. The minimum atomic E-state index is -0.364. The van der Waals surface area contributed by atoms with Crippen LogP contribution in [0.4, 0.5) is 4.39 Å². The first-order chi connectivity index (χ1) is 14.0. The van der Waals surface area contributed by atoms with Crippen LogP contribution in [0.15, 0.2) is 70.0 Å². The summed E-state index contributed by atoms with van der Waals surface area (Å²) < 4.78 is 19.4. The SMILES string of the molecule is Cc1ccc(SCC(=O)NNC(=O)CCc2ccc(-c3ccccc3F)o2)cc1. The van der Waals surface area contributed by atoms with E-state index in [1.54, 1.807) is 30.3 Å². The Labute approximate surface area is 172 Å². The summed E-state index contributed by atoms with van der Waals surface area (Å²) in [6.45, 7) is 2.00. The molecule has 0 aliphatic carbocycles. The minimum Gasteiger partial charge on any atom is -0.461 e. The van der Waals surface area contributed by atoms with Crippen LogP contribution in [0.3, 0.4) is 0 Å². The van der Waals surface area contributed by atoms with Gasteiger partial charge in [0.25, 0.3) is 0 Å². The molecule has 2 amide bonds. The molecule has 3 aromatic rings. The van der Waals surface area contributed by atoms with Crippen LogP contribution in [-0.2, 0) is 16.0 Å². The summed E-state index contributed by atoms with van der Waals surface area (Å²) in [6, 6.07) is 17.6. The van der Waals surface area contributed by atoms with E-state index in [0.717, 1.165) is 10.5 Å². The third kappa shape index (κ3) is 6.22. The maximum Gasteiger partial charge on any atom is 0.248 e. The second-order valence-corrected chi connectivity index (χ2v) is 7.49. The smallest absolute Gasteiger partial charge is 0.248 e. The molecule has 0 aliphatic rings. The van der Waals surface area contributed by atoms with Crippen molar-refractivity contribution in [3.63, 3.8) is 0 Å². The number of hydrogen-bond acceptors (Lipinski definition) is 4. The van der Waals surface area contributed by atoms with E-state index in [-0.39, 0.29) is 29.8 Å². The lowest BCUT2D eigenvalue weighted by Gasteiger charge is -2.07. The lowest BCUT2D eigenvalue weighted by Crippen LogP contribution is -2.42. The largest absolute Gasteiger partial charge is 0.461 e. The van der Waals surface area contributed by atoms with E-state index in [2.05, 4.69) is 10.9 Å². The van der Waals surface area contributed by atoms with E-state index in [4.69, 9.17) is 4.42 Å². The van der Waals surface area contributed by atoms with E-state index in [1.165, 1.54) is 17.8 Å². The van der Waals surface area contributed by atoms with Crippen LogP contribution in [0.25, 0.3) is 11.3 Å². The second kappa shape index (κ2) is 9.93. The molecule has 29 heavy (non-hydrogen) atoms. The molecule has 7 heteroatoms. The van der Waals surface area contributed by atoms with E-state index in [1.807, 2.05) is 31.2 Å². The Hall–Kier alpha value is -3.06. The van der Waals surface area contributed by atoms with Gasteiger partial charge in [-0.3, -0.25) is 20.4 Å². The normalized spacial score (nSPS) is 10.6. The summed E-state index contributed by atoms with van der Waals surface area (Å²) in [6.07, 6.45) is 0.476. The number of aryl methyl sites for hydroxylation is 2. The van der Waals surface area contributed by atoms with Crippen molar-refractivity contribution in [2.75, 3.05) is 5.75 Å². The summed E-state index contributed by atoms with van der Waals surface area (Å²) in [5, 5.41) is 0. The molecule has 0 radical (unpaired) electrons. The van der Waals surface area contributed by atoms with E-state index in [9.17, 15) is 14.0 Å². The highest BCUT2D eigenvalue weighted by molar-refractivity contribution is 8.00. The summed E-state index contributed by atoms with van der Waals surface area (Å²) in [7, 11) is 0. The third-order valence-electron chi connectivity index (χ3n) is 4.13. The summed E-state index contributed by atoms with van der Waals surface area (Å²) in [5.74, 6) is 0.205. The molecule has 2 aromatic carbocycles. The maximum atomic E-state index is 13.8. The summed E-state index contributed by atoms with van der Waals surface area (Å²) >= 11 is 1.39. The Balaban J connectivity index is 1.39. The van der Waals surface area contributed by atoms with Gasteiger partial charge < -0.3 is 4.42 Å². The van der Waals surface area contributed by atoms with Gasteiger partial charge in [-0.05, 0) is 43.3 Å². The van der Waals surface area contributed by atoms with Crippen molar-refractivity contribution < 1.29 is 18.4 Å². The molecule has 0 unspecified atom stereocenters. The molecule has 5 nitrogen and oxygen atoms in total. The molecule has 0 bridgehead atoms. The topological polar surface area (TPSA) is 71.3 Å². The van der Waals surface area contributed by atoms with Crippen molar-refractivity contribution in [3.8, 4) is 11.3 Å². The zero-order valence-electron chi connectivity index (χ0n) is 15.9. The van der Waals surface area contributed by atoms with Crippen molar-refractivity contribution in [1.82, 2.24) is 10.9 Å². The highest BCUT2D eigenvalue weighted by Gasteiger charge is 2.11. The fraction of sp³-hybridized carbons (Fsp3) is 0.182. The average Bonchev–Trinajstić information content (AvgIpc) is 3.19. The molecule has 1 aromatic heterocycles. The zero-order valence-corrected chi connectivity index (χ0v) is 16.7. The predicted octanol–water partition coefficient (Wildman–Crippen LogP) is 4.27. The van der Waals surface area contributed by atoms with Gasteiger partial charge in [0, 0.05) is 17.7 Å². The number of carbonyl (C=O) groups excluding carboxylic acids is 2.